The summed E-state index contributed by atoms with van der Waals surface area (Å²) in [5, 5.41) is 2.84. The van der Waals surface area contributed by atoms with Crippen LogP contribution >= 0.6 is 0 Å². The van der Waals surface area contributed by atoms with Crippen LogP contribution in [0, 0.1) is 5.92 Å². The molecule has 1 aromatic rings. The monoisotopic (exact) mass is 314 g/mol. The zero-order chi connectivity index (χ0) is 16.4. The van der Waals surface area contributed by atoms with Crippen molar-refractivity contribution in [3.63, 3.8) is 0 Å². The second-order valence-electron chi connectivity index (χ2n) is 6.51. The van der Waals surface area contributed by atoms with Crippen molar-refractivity contribution in [1.29, 1.82) is 0 Å². The van der Waals surface area contributed by atoms with Gasteiger partial charge in [0.25, 0.3) is 0 Å². The van der Waals surface area contributed by atoms with E-state index in [4.69, 9.17) is 0 Å². The van der Waals surface area contributed by atoms with Crippen LogP contribution in [0.1, 0.15) is 49.4 Å². The van der Waals surface area contributed by atoms with Crippen molar-refractivity contribution in [3.8, 4) is 0 Å². The molecule has 0 unspecified atom stereocenters. The Balaban J connectivity index is 1.63. The van der Waals surface area contributed by atoms with Gasteiger partial charge in [0.05, 0.1) is 5.92 Å². The number of amides is 2. The standard InChI is InChI=1S/C18H22N2O3/c1-12(21)13-5-4-6-15(9-13)19-18(23)14-10-17(22)20(11-14)16-7-2-3-8-16/h4-6,9,14,16H,2-3,7-8,10-11H2,1H3,(H,19,23)/t14-/m1/s1. The number of carbonyl (C=O) groups excluding carboxylic acids is 3. The van der Waals surface area contributed by atoms with Crippen LogP contribution < -0.4 is 5.32 Å². The highest BCUT2D eigenvalue weighted by Gasteiger charge is 2.38. The first-order valence-electron chi connectivity index (χ1n) is 8.26. The molecule has 1 saturated heterocycles. The van der Waals surface area contributed by atoms with E-state index in [0.29, 0.717) is 23.8 Å². The molecule has 5 heteroatoms. The average Bonchev–Trinajstić information content (AvgIpc) is 3.16. The highest BCUT2D eigenvalue weighted by Crippen LogP contribution is 2.30. The van der Waals surface area contributed by atoms with Gasteiger partial charge >= 0.3 is 0 Å². The molecule has 0 spiro atoms. The molecule has 1 N–H and O–H groups in total. The lowest BCUT2D eigenvalue weighted by molar-refractivity contribution is -0.129. The summed E-state index contributed by atoms with van der Waals surface area (Å²) in [7, 11) is 0. The van der Waals surface area contributed by atoms with Gasteiger partial charge in [0.1, 0.15) is 0 Å². The number of nitrogens with zero attached hydrogens (tertiary/aromatic N) is 1. The summed E-state index contributed by atoms with van der Waals surface area (Å²) in [5.74, 6) is -0.386. The van der Waals surface area contributed by atoms with E-state index >= 15 is 0 Å². The van der Waals surface area contributed by atoms with Gasteiger partial charge in [-0.15, -0.1) is 0 Å². The van der Waals surface area contributed by atoms with Crippen LogP contribution in [0.4, 0.5) is 5.69 Å². The van der Waals surface area contributed by atoms with Crippen molar-refractivity contribution in [2.75, 3.05) is 11.9 Å². The number of hydrogen-bond donors (Lipinski definition) is 1. The molecule has 1 atom stereocenters. The molecule has 0 aromatic heterocycles. The van der Waals surface area contributed by atoms with Crippen LogP contribution in [-0.2, 0) is 9.59 Å². The quantitative estimate of drug-likeness (QED) is 0.869. The SMILES string of the molecule is CC(=O)c1cccc(NC(=O)[C@@H]2CC(=O)N(C3CCCC3)C2)c1. The largest absolute Gasteiger partial charge is 0.339 e. The Kier molecular flexibility index (Phi) is 4.46. The van der Waals surface area contributed by atoms with Gasteiger partial charge in [-0.05, 0) is 31.9 Å². The van der Waals surface area contributed by atoms with E-state index in [-0.39, 0.29) is 29.9 Å². The smallest absolute Gasteiger partial charge is 0.229 e. The fourth-order valence-corrected chi connectivity index (χ4v) is 3.54. The van der Waals surface area contributed by atoms with Crippen LogP contribution in [-0.4, -0.2) is 35.1 Å². The molecule has 1 aromatic carbocycles. The molecule has 23 heavy (non-hydrogen) atoms. The molecule has 2 amide bonds. The van der Waals surface area contributed by atoms with Gasteiger partial charge < -0.3 is 10.2 Å². The van der Waals surface area contributed by atoms with Crippen LogP contribution in [0.25, 0.3) is 0 Å². The van der Waals surface area contributed by atoms with Crippen molar-refractivity contribution < 1.29 is 14.4 Å². The highest BCUT2D eigenvalue weighted by molar-refractivity contribution is 5.99. The maximum Gasteiger partial charge on any atom is 0.229 e. The molecule has 3 rings (SSSR count). The Bertz CT molecular complexity index is 635. The molecule has 1 saturated carbocycles. The summed E-state index contributed by atoms with van der Waals surface area (Å²) in [6, 6.07) is 7.22. The van der Waals surface area contributed by atoms with Crippen LogP contribution in [0.3, 0.4) is 0 Å². The molecule has 0 bridgehead atoms. The molecule has 2 aliphatic rings. The lowest BCUT2D eigenvalue weighted by Gasteiger charge is -2.23. The molecular weight excluding hydrogens is 292 g/mol. The van der Waals surface area contributed by atoms with Gasteiger partial charge in [-0.3, -0.25) is 14.4 Å². The third-order valence-electron chi connectivity index (χ3n) is 4.83. The van der Waals surface area contributed by atoms with Crippen molar-refractivity contribution in [2.45, 2.75) is 45.1 Å². The fraction of sp³-hybridized carbons (Fsp3) is 0.500. The van der Waals surface area contributed by atoms with Crippen LogP contribution in [0.5, 0.6) is 0 Å². The van der Waals surface area contributed by atoms with Crippen molar-refractivity contribution in [1.82, 2.24) is 4.90 Å². The zero-order valence-electron chi connectivity index (χ0n) is 13.4. The van der Waals surface area contributed by atoms with E-state index in [1.165, 1.54) is 19.8 Å². The highest BCUT2D eigenvalue weighted by atomic mass is 16.2. The minimum absolute atomic E-state index is 0.0375. The van der Waals surface area contributed by atoms with Gasteiger partial charge in [0.15, 0.2) is 5.78 Å². The summed E-state index contributed by atoms with van der Waals surface area (Å²) >= 11 is 0. The fourth-order valence-electron chi connectivity index (χ4n) is 3.54. The topological polar surface area (TPSA) is 66.5 Å². The first-order valence-corrected chi connectivity index (χ1v) is 8.26. The number of hydrogen-bond acceptors (Lipinski definition) is 3. The van der Waals surface area contributed by atoms with E-state index in [1.807, 2.05) is 4.90 Å². The van der Waals surface area contributed by atoms with Gasteiger partial charge in [-0.2, -0.15) is 0 Å². The second-order valence-corrected chi connectivity index (χ2v) is 6.51. The van der Waals surface area contributed by atoms with Crippen LogP contribution in [0.2, 0.25) is 0 Å². The molecule has 1 aliphatic heterocycles. The first-order chi connectivity index (χ1) is 11.0. The molecule has 122 valence electrons. The van der Waals surface area contributed by atoms with Crippen molar-refractivity contribution >= 4 is 23.3 Å². The van der Waals surface area contributed by atoms with E-state index in [9.17, 15) is 14.4 Å². The van der Waals surface area contributed by atoms with E-state index in [1.54, 1.807) is 24.3 Å². The lowest BCUT2D eigenvalue weighted by atomic mass is 10.1. The Morgan fingerprint density at radius 2 is 1.96 bits per heavy atom. The third-order valence-corrected chi connectivity index (χ3v) is 4.83. The minimum Gasteiger partial charge on any atom is -0.339 e. The zero-order valence-corrected chi connectivity index (χ0v) is 13.4. The normalized spacial score (nSPS) is 21.7. The van der Waals surface area contributed by atoms with Gasteiger partial charge in [-0.25, -0.2) is 0 Å². The number of nitrogens with one attached hydrogen (secondary N) is 1. The number of likely N-dealkylation sites (tertiary alicyclic amines) is 1. The summed E-state index contributed by atoms with van der Waals surface area (Å²) in [5.41, 5.74) is 1.17. The van der Waals surface area contributed by atoms with Gasteiger partial charge in [0.2, 0.25) is 11.8 Å². The Labute approximate surface area is 136 Å². The number of ketones is 1. The molecule has 1 heterocycles. The Morgan fingerprint density at radius 3 is 2.65 bits per heavy atom. The Hall–Kier alpha value is -2.17. The van der Waals surface area contributed by atoms with Crippen molar-refractivity contribution in [3.05, 3.63) is 29.8 Å². The number of carbonyl (C=O) groups is 3. The van der Waals surface area contributed by atoms with Crippen LogP contribution in [0.15, 0.2) is 24.3 Å². The van der Waals surface area contributed by atoms with E-state index < -0.39 is 0 Å². The summed E-state index contributed by atoms with van der Waals surface area (Å²) in [6.45, 7) is 2.01. The predicted molar refractivity (Wildman–Crippen MR) is 87.2 cm³/mol. The summed E-state index contributed by atoms with van der Waals surface area (Å²) < 4.78 is 0. The number of rotatable bonds is 4. The van der Waals surface area contributed by atoms with E-state index in [0.717, 1.165) is 12.8 Å². The number of benzene rings is 1. The predicted octanol–water partition coefficient (Wildman–Crippen LogP) is 2.62. The van der Waals surface area contributed by atoms with Gasteiger partial charge in [0, 0.05) is 30.3 Å². The minimum atomic E-state index is -0.302. The molecular formula is C18H22N2O3. The van der Waals surface area contributed by atoms with Crippen molar-refractivity contribution in [2.24, 2.45) is 5.92 Å². The Morgan fingerprint density at radius 1 is 1.22 bits per heavy atom. The molecule has 5 nitrogen and oxygen atoms in total. The molecule has 1 aliphatic carbocycles. The van der Waals surface area contributed by atoms with Gasteiger partial charge in [-0.1, -0.05) is 25.0 Å². The summed E-state index contributed by atoms with van der Waals surface area (Å²) in [6.07, 6.45) is 4.74. The van der Waals surface area contributed by atoms with E-state index in [2.05, 4.69) is 5.32 Å². The maximum absolute atomic E-state index is 12.4. The molecule has 0 radical (unpaired) electrons. The average molecular weight is 314 g/mol. The number of Topliss-reactive ketones (excluding diaryl/α,β-unsaturated/α-hetero) is 1. The maximum atomic E-state index is 12.4. The third kappa shape index (κ3) is 3.44. The first kappa shape index (κ1) is 15.7. The number of anilines is 1. The second kappa shape index (κ2) is 6.52. The molecule has 2 fully saturated rings. The summed E-state index contributed by atoms with van der Waals surface area (Å²) in [4.78, 5) is 37.9. The lowest BCUT2D eigenvalue weighted by Crippen LogP contribution is -2.35.